The van der Waals surface area contributed by atoms with Gasteiger partial charge in [0.05, 0.1) is 11.3 Å². The van der Waals surface area contributed by atoms with Crippen LogP contribution in [0.4, 0.5) is 5.69 Å². The smallest absolute Gasteiger partial charge is 0.253 e. The highest BCUT2D eigenvalue weighted by molar-refractivity contribution is 5.94. The molecule has 1 saturated heterocycles. The number of likely N-dealkylation sites (N-methyl/N-ethyl adjacent to an activating group) is 1. The third-order valence-electron chi connectivity index (χ3n) is 5.51. The van der Waals surface area contributed by atoms with Gasteiger partial charge in [0.25, 0.3) is 5.91 Å². The summed E-state index contributed by atoms with van der Waals surface area (Å²) in [6.45, 7) is 8.52. The minimum atomic E-state index is -0.129. The van der Waals surface area contributed by atoms with Gasteiger partial charge in [-0.05, 0) is 50.7 Å². The van der Waals surface area contributed by atoms with Crippen molar-refractivity contribution >= 4 is 11.6 Å². The summed E-state index contributed by atoms with van der Waals surface area (Å²) in [6.07, 6.45) is 1.60. The quantitative estimate of drug-likeness (QED) is 0.708. The fraction of sp³-hybridized carbons (Fsp3) is 0.348. The first-order valence-corrected chi connectivity index (χ1v) is 10.3. The lowest BCUT2D eigenvalue weighted by Gasteiger charge is -2.35. The molecule has 1 aliphatic rings. The second kappa shape index (κ2) is 8.67. The first kappa shape index (κ1) is 20.1. The minimum Gasteiger partial charge on any atom is -0.369 e. The molecule has 3 aromatic rings. The molecule has 4 rings (SSSR count). The molecule has 7 heteroatoms. The van der Waals surface area contributed by atoms with E-state index < -0.39 is 0 Å². The highest BCUT2D eigenvalue weighted by Gasteiger charge is 2.17. The van der Waals surface area contributed by atoms with Crippen LogP contribution in [0.5, 0.6) is 0 Å². The first-order chi connectivity index (χ1) is 14.5. The second-order valence-electron chi connectivity index (χ2n) is 7.85. The van der Waals surface area contributed by atoms with E-state index in [2.05, 4.69) is 50.4 Å². The van der Waals surface area contributed by atoms with Gasteiger partial charge in [0.2, 0.25) is 0 Å². The largest absolute Gasteiger partial charge is 0.369 e. The number of amides is 1. The summed E-state index contributed by atoms with van der Waals surface area (Å²) in [7, 11) is 2.15. The molecule has 1 fully saturated rings. The maximum Gasteiger partial charge on any atom is 0.253 e. The van der Waals surface area contributed by atoms with Gasteiger partial charge in [0.1, 0.15) is 0 Å². The molecular formula is C23H28N6O. The van der Waals surface area contributed by atoms with Crippen molar-refractivity contribution in [3.63, 3.8) is 0 Å². The number of rotatable bonds is 5. The predicted molar refractivity (Wildman–Crippen MR) is 118 cm³/mol. The number of pyridine rings is 1. The van der Waals surface area contributed by atoms with E-state index in [9.17, 15) is 4.79 Å². The number of piperazine rings is 1. The third-order valence-corrected chi connectivity index (χ3v) is 5.51. The van der Waals surface area contributed by atoms with Crippen molar-refractivity contribution in [3.8, 4) is 5.82 Å². The standard InChI is InChI=1S/C23H28N6O/c1-17-14-18(2)29(26-17)22-9-8-20(16-24-22)23(30)25-15-19-6-4-5-7-21(19)28-12-10-27(3)11-13-28/h4-9,14,16H,10-13,15H2,1-3H3,(H,25,30). The number of carbonyl (C=O) groups excluding carboxylic acids is 1. The number of anilines is 1. The summed E-state index contributed by atoms with van der Waals surface area (Å²) in [5.41, 5.74) is 4.82. The van der Waals surface area contributed by atoms with Gasteiger partial charge in [0, 0.05) is 50.3 Å². The Hall–Kier alpha value is -3.19. The highest BCUT2D eigenvalue weighted by atomic mass is 16.1. The van der Waals surface area contributed by atoms with Crippen molar-refractivity contribution in [3.05, 3.63) is 71.2 Å². The Morgan fingerprint density at radius 1 is 1.07 bits per heavy atom. The molecule has 7 nitrogen and oxygen atoms in total. The Balaban J connectivity index is 1.42. The van der Waals surface area contributed by atoms with E-state index in [1.165, 1.54) is 5.69 Å². The Kier molecular flexibility index (Phi) is 5.81. The van der Waals surface area contributed by atoms with Gasteiger partial charge >= 0.3 is 0 Å². The van der Waals surface area contributed by atoms with Crippen LogP contribution >= 0.6 is 0 Å². The van der Waals surface area contributed by atoms with Crippen LogP contribution in [0, 0.1) is 13.8 Å². The van der Waals surface area contributed by atoms with Crippen LogP contribution < -0.4 is 10.2 Å². The zero-order chi connectivity index (χ0) is 21.1. The van der Waals surface area contributed by atoms with E-state index >= 15 is 0 Å². The molecule has 156 valence electrons. The number of aryl methyl sites for hydroxylation is 2. The van der Waals surface area contributed by atoms with Crippen LogP contribution in [0.2, 0.25) is 0 Å². The number of aromatic nitrogens is 3. The molecule has 1 N–H and O–H groups in total. The molecule has 0 spiro atoms. The van der Waals surface area contributed by atoms with Crippen molar-refractivity contribution < 1.29 is 4.79 Å². The van der Waals surface area contributed by atoms with E-state index in [1.54, 1.807) is 16.9 Å². The number of hydrogen-bond acceptors (Lipinski definition) is 5. The molecule has 1 amide bonds. The molecule has 0 atom stereocenters. The van der Waals surface area contributed by atoms with Crippen LogP contribution in [0.25, 0.3) is 5.82 Å². The van der Waals surface area contributed by atoms with Gasteiger partial charge in [-0.15, -0.1) is 0 Å². The number of hydrogen-bond donors (Lipinski definition) is 1. The molecule has 1 aliphatic heterocycles. The Bertz CT molecular complexity index is 1020. The average Bonchev–Trinajstić information content (AvgIpc) is 3.11. The van der Waals surface area contributed by atoms with Crippen LogP contribution in [-0.2, 0) is 6.54 Å². The number of nitrogens with zero attached hydrogens (tertiary/aromatic N) is 5. The number of carbonyl (C=O) groups is 1. The van der Waals surface area contributed by atoms with Crippen molar-refractivity contribution in [1.29, 1.82) is 0 Å². The van der Waals surface area contributed by atoms with Crippen molar-refractivity contribution in [2.24, 2.45) is 0 Å². The molecule has 3 heterocycles. The molecule has 0 bridgehead atoms. The zero-order valence-corrected chi connectivity index (χ0v) is 17.8. The molecule has 1 aromatic carbocycles. The van der Waals surface area contributed by atoms with Crippen LogP contribution in [-0.4, -0.2) is 58.8 Å². The SMILES string of the molecule is Cc1cc(C)n(-c2ccc(C(=O)NCc3ccccc3N3CCN(C)CC3)cn2)n1. The average molecular weight is 405 g/mol. The lowest BCUT2D eigenvalue weighted by atomic mass is 10.1. The van der Waals surface area contributed by atoms with Gasteiger partial charge in [-0.1, -0.05) is 18.2 Å². The van der Waals surface area contributed by atoms with Crippen molar-refractivity contribution in [2.75, 3.05) is 38.1 Å². The lowest BCUT2D eigenvalue weighted by molar-refractivity contribution is 0.0950. The van der Waals surface area contributed by atoms with E-state index in [-0.39, 0.29) is 5.91 Å². The molecule has 30 heavy (non-hydrogen) atoms. The Morgan fingerprint density at radius 2 is 1.83 bits per heavy atom. The molecule has 0 saturated carbocycles. The normalized spacial score (nSPS) is 14.7. The van der Waals surface area contributed by atoms with Gasteiger partial charge < -0.3 is 15.1 Å². The maximum atomic E-state index is 12.7. The van der Waals surface area contributed by atoms with Crippen molar-refractivity contribution in [1.82, 2.24) is 25.0 Å². The third kappa shape index (κ3) is 4.36. The molecule has 0 unspecified atom stereocenters. The fourth-order valence-corrected chi connectivity index (χ4v) is 3.80. The van der Waals surface area contributed by atoms with E-state index in [1.807, 2.05) is 32.0 Å². The topological polar surface area (TPSA) is 66.3 Å². The number of para-hydroxylation sites is 1. The Morgan fingerprint density at radius 3 is 2.50 bits per heavy atom. The van der Waals surface area contributed by atoms with Gasteiger partial charge in [0.15, 0.2) is 5.82 Å². The molecule has 0 aliphatic carbocycles. The maximum absolute atomic E-state index is 12.7. The van der Waals surface area contributed by atoms with E-state index in [0.29, 0.717) is 17.9 Å². The Labute approximate surface area is 177 Å². The summed E-state index contributed by atoms with van der Waals surface area (Å²) in [6, 6.07) is 13.9. The van der Waals surface area contributed by atoms with Gasteiger partial charge in [-0.2, -0.15) is 5.10 Å². The summed E-state index contributed by atoms with van der Waals surface area (Å²) in [5.74, 6) is 0.577. The fourth-order valence-electron chi connectivity index (χ4n) is 3.80. The van der Waals surface area contributed by atoms with Crippen LogP contribution in [0.3, 0.4) is 0 Å². The molecular weight excluding hydrogens is 376 g/mol. The van der Waals surface area contributed by atoms with Gasteiger partial charge in [-0.25, -0.2) is 9.67 Å². The zero-order valence-electron chi connectivity index (χ0n) is 17.8. The number of nitrogens with one attached hydrogen (secondary N) is 1. The first-order valence-electron chi connectivity index (χ1n) is 10.3. The monoisotopic (exact) mass is 404 g/mol. The van der Waals surface area contributed by atoms with E-state index in [4.69, 9.17) is 0 Å². The summed E-state index contributed by atoms with van der Waals surface area (Å²) in [5, 5.41) is 7.48. The molecule has 0 radical (unpaired) electrons. The van der Waals surface area contributed by atoms with Crippen LogP contribution in [0.1, 0.15) is 27.3 Å². The minimum absolute atomic E-state index is 0.129. The van der Waals surface area contributed by atoms with Crippen LogP contribution in [0.15, 0.2) is 48.7 Å². The highest BCUT2D eigenvalue weighted by Crippen LogP contribution is 2.21. The van der Waals surface area contributed by atoms with Gasteiger partial charge in [-0.3, -0.25) is 4.79 Å². The second-order valence-corrected chi connectivity index (χ2v) is 7.85. The predicted octanol–water partition coefficient (Wildman–Crippen LogP) is 2.57. The summed E-state index contributed by atoms with van der Waals surface area (Å²) >= 11 is 0. The lowest BCUT2D eigenvalue weighted by Crippen LogP contribution is -2.45. The number of benzene rings is 1. The molecule has 2 aromatic heterocycles. The van der Waals surface area contributed by atoms with Crippen molar-refractivity contribution in [2.45, 2.75) is 20.4 Å². The van der Waals surface area contributed by atoms with E-state index in [0.717, 1.165) is 43.1 Å². The summed E-state index contributed by atoms with van der Waals surface area (Å²) in [4.78, 5) is 21.8. The summed E-state index contributed by atoms with van der Waals surface area (Å²) < 4.78 is 1.78.